The molecule has 86 valence electrons. The van der Waals surface area contributed by atoms with Crippen molar-refractivity contribution in [1.82, 2.24) is 9.13 Å². The van der Waals surface area contributed by atoms with Crippen LogP contribution >= 0.6 is 0 Å². The molecule has 0 fully saturated rings. The van der Waals surface area contributed by atoms with Crippen LogP contribution < -0.4 is 5.69 Å². The van der Waals surface area contributed by atoms with Gasteiger partial charge in [-0.15, -0.1) is 0 Å². The first-order chi connectivity index (χ1) is 6.81. The number of rotatable bonds is 4. The second-order valence-electron chi connectivity index (χ2n) is 3.91. The van der Waals surface area contributed by atoms with Crippen molar-refractivity contribution >= 4 is 9.84 Å². The third-order valence-corrected chi connectivity index (χ3v) is 3.06. The van der Waals surface area contributed by atoms with Crippen LogP contribution in [0, 0.1) is 0 Å². The van der Waals surface area contributed by atoms with Gasteiger partial charge < -0.3 is 0 Å². The van der Waals surface area contributed by atoms with Gasteiger partial charge in [0.25, 0.3) is 0 Å². The SMILES string of the molecule is CC(C)n1ccn(CCS(C)(=O)=O)c1=O. The Balaban J connectivity index is 2.85. The molecule has 0 saturated heterocycles. The fourth-order valence-corrected chi connectivity index (χ4v) is 1.78. The van der Waals surface area contributed by atoms with Gasteiger partial charge in [-0.2, -0.15) is 0 Å². The van der Waals surface area contributed by atoms with E-state index < -0.39 is 9.84 Å². The fraction of sp³-hybridized carbons (Fsp3) is 0.667. The summed E-state index contributed by atoms with van der Waals surface area (Å²) < 4.78 is 24.9. The molecule has 5 nitrogen and oxygen atoms in total. The summed E-state index contributed by atoms with van der Waals surface area (Å²) in [6, 6.07) is 0.0944. The first kappa shape index (κ1) is 12.0. The van der Waals surface area contributed by atoms with E-state index in [-0.39, 0.29) is 24.0 Å². The van der Waals surface area contributed by atoms with Gasteiger partial charge in [0.2, 0.25) is 0 Å². The Hall–Kier alpha value is -1.04. The molecule has 0 aliphatic heterocycles. The van der Waals surface area contributed by atoms with Gasteiger partial charge in [0.15, 0.2) is 0 Å². The summed E-state index contributed by atoms with van der Waals surface area (Å²) in [5.41, 5.74) is -0.159. The Morgan fingerprint density at radius 1 is 1.33 bits per heavy atom. The lowest BCUT2D eigenvalue weighted by Gasteiger charge is -2.04. The second-order valence-corrected chi connectivity index (χ2v) is 6.16. The molecule has 0 saturated carbocycles. The number of nitrogens with zero attached hydrogens (tertiary/aromatic N) is 2. The Bertz CT molecular complexity index is 482. The molecule has 1 aromatic rings. The molecule has 0 bridgehead atoms. The van der Waals surface area contributed by atoms with Crippen molar-refractivity contribution in [2.45, 2.75) is 26.4 Å². The van der Waals surface area contributed by atoms with Crippen molar-refractivity contribution in [2.24, 2.45) is 0 Å². The van der Waals surface area contributed by atoms with Crippen molar-refractivity contribution in [3.05, 3.63) is 22.9 Å². The molecule has 0 spiro atoms. The maximum absolute atomic E-state index is 11.7. The quantitative estimate of drug-likeness (QED) is 0.749. The van der Waals surface area contributed by atoms with E-state index in [0.29, 0.717) is 0 Å². The van der Waals surface area contributed by atoms with E-state index in [0.717, 1.165) is 6.26 Å². The van der Waals surface area contributed by atoms with E-state index in [4.69, 9.17) is 0 Å². The van der Waals surface area contributed by atoms with Crippen LogP contribution in [0.2, 0.25) is 0 Å². The average molecular weight is 232 g/mol. The normalized spacial score (nSPS) is 12.3. The predicted octanol–water partition coefficient (Wildman–Crippen LogP) is 0.275. The van der Waals surface area contributed by atoms with Crippen molar-refractivity contribution in [1.29, 1.82) is 0 Å². The highest BCUT2D eigenvalue weighted by Crippen LogP contribution is 1.99. The topological polar surface area (TPSA) is 61.1 Å². The average Bonchev–Trinajstić information content (AvgIpc) is 2.42. The molecule has 0 aliphatic rings. The van der Waals surface area contributed by atoms with E-state index in [1.165, 1.54) is 4.57 Å². The zero-order valence-corrected chi connectivity index (χ0v) is 9.99. The van der Waals surface area contributed by atoms with Crippen LogP contribution in [0.15, 0.2) is 17.2 Å². The van der Waals surface area contributed by atoms with Crippen molar-refractivity contribution in [3.8, 4) is 0 Å². The maximum Gasteiger partial charge on any atom is 0.328 e. The Morgan fingerprint density at radius 2 is 1.93 bits per heavy atom. The van der Waals surface area contributed by atoms with Gasteiger partial charge in [-0.1, -0.05) is 0 Å². The van der Waals surface area contributed by atoms with Gasteiger partial charge in [0.1, 0.15) is 9.84 Å². The van der Waals surface area contributed by atoms with Gasteiger partial charge in [0, 0.05) is 31.2 Å². The molecule has 1 aromatic heterocycles. The van der Waals surface area contributed by atoms with Crippen LogP contribution in [0.25, 0.3) is 0 Å². The lowest BCUT2D eigenvalue weighted by molar-refractivity contribution is 0.554. The molecule has 0 N–H and O–H groups in total. The molecule has 6 heteroatoms. The molecule has 0 atom stereocenters. The van der Waals surface area contributed by atoms with Crippen LogP contribution in [-0.4, -0.2) is 29.6 Å². The molecule has 0 unspecified atom stereocenters. The van der Waals surface area contributed by atoms with Gasteiger partial charge in [-0.3, -0.25) is 9.13 Å². The van der Waals surface area contributed by atoms with Crippen LogP contribution in [-0.2, 0) is 16.4 Å². The summed E-state index contributed by atoms with van der Waals surface area (Å²) in [5, 5.41) is 0. The number of hydrogen-bond donors (Lipinski definition) is 0. The summed E-state index contributed by atoms with van der Waals surface area (Å²) in [5.74, 6) is -0.00495. The molecule has 0 radical (unpaired) electrons. The summed E-state index contributed by atoms with van der Waals surface area (Å²) in [6.07, 6.45) is 4.46. The summed E-state index contributed by atoms with van der Waals surface area (Å²) >= 11 is 0. The van der Waals surface area contributed by atoms with Gasteiger partial charge in [-0.25, -0.2) is 13.2 Å². The number of aromatic nitrogens is 2. The van der Waals surface area contributed by atoms with Crippen LogP contribution in [0.3, 0.4) is 0 Å². The van der Waals surface area contributed by atoms with Gasteiger partial charge in [-0.05, 0) is 13.8 Å². The Labute approximate surface area is 89.3 Å². The third-order valence-electron chi connectivity index (χ3n) is 2.13. The largest absolute Gasteiger partial charge is 0.328 e. The minimum atomic E-state index is -3.02. The predicted molar refractivity (Wildman–Crippen MR) is 58.8 cm³/mol. The molecular formula is C9H16N2O3S. The van der Waals surface area contributed by atoms with Crippen molar-refractivity contribution in [2.75, 3.05) is 12.0 Å². The first-order valence-electron chi connectivity index (χ1n) is 4.76. The Kier molecular flexibility index (Phi) is 3.38. The minimum absolute atomic E-state index is 0.00495. The number of hydrogen-bond acceptors (Lipinski definition) is 3. The van der Waals surface area contributed by atoms with Crippen molar-refractivity contribution < 1.29 is 8.42 Å². The standard InChI is InChI=1S/C9H16N2O3S/c1-8(2)11-5-4-10(9(11)12)6-7-15(3,13)14/h4-5,8H,6-7H2,1-3H3. The highest BCUT2D eigenvalue weighted by atomic mass is 32.2. The molecule has 0 aromatic carbocycles. The van der Waals surface area contributed by atoms with Crippen LogP contribution in [0.1, 0.15) is 19.9 Å². The van der Waals surface area contributed by atoms with E-state index in [1.807, 2.05) is 13.8 Å². The van der Waals surface area contributed by atoms with Crippen molar-refractivity contribution in [3.63, 3.8) is 0 Å². The van der Waals surface area contributed by atoms with Crippen LogP contribution in [0.4, 0.5) is 0 Å². The minimum Gasteiger partial charge on any atom is -0.298 e. The molecule has 15 heavy (non-hydrogen) atoms. The molecule has 1 rings (SSSR count). The smallest absolute Gasteiger partial charge is 0.298 e. The maximum atomic E-state index is 11.7. The monoisotopic (exact) mass is 232 g/mol. The number of sulfone groups is 1. The summed E-state index contributed by atoms with van der Waals surface area (Å²) in [6.45, 7) is 4.03. The summed E-state index contributed by atoms with van der Waals surface area (Å²) in [7, 11) is -3.02. The Morgan fingerprint density at radius 3 is 2.33 bits per heavy atom. The van der Waals surface area contributed by atoms with Gasteiger partial charge >= 0.3 is 5.69 Å². The van der Waals surface area contributed by atoms with E-state index in [2.05, 4.69) is 0 Å². The fourth-order valence-electron chi connectivity index (χ4n) is 1.26. The second kappa shape index (κ2) is 4.22. The molecule has 1 heterocycles. The zero-order valence-electron chi connectivity index (χ0n) is 9.17. The highest BCUT2D eigenvalue weighted by molar-refractivity contribution is 7.90. The van der Waals surface area contributed by atoms with E-state index in [1.54, 1.807) is 17.0 Å². The highest BCUT2D eigenvalue weighted by Gasteiger charge is 2.08. The van der Waals surface area contributed by atoms with E-state index >= 15 is 0 Å². The first-order valence-corrected chi connectivity index (χ1v) is 6.82. The zero-order chi connectivity index (χ0) is 11.6. The number of aryl methyl sites for hydroxylation is 1. The number of imidazole rings is 1. The molecule has 0 amide bonds. The van der Waals surface area contributed by atoms with Gasteiger partial charge in [0.05, 0.1) is 5.75 Å². The molecule has 0 aliphatic carbocycles. The van der Waals surface area contributed by atoms with Crippen LogP contribution in [0.5, 0.6) is 0 Å². The molecular weight excluding hydrogens is 216 g/mol. The third kappa shape index (κ3) is 3.23. The lowest BCUT2D eigenvalue weighted by atomic mass is 10.4. The van der Waals surface area contributed by atoms with E-state index in [9.17, 15) is 13.2 Å². The summed E-state index contributed by atoms with van der Waals surface area (Å²) in [4.78, 5) is 11.7. The lowest BCUT2D eigenvalue weighted by Crippen LogP contribution is -2.27.